The average molecular weight is 370 g/mol. The molecule has 1 saturated carbocycles. The fourth-order valence-electron chi connectivity index (χ4n) is 4.87. The van der Waals surface area contributed by atoms with Crippen LogP contribution in [0.3, 0.4) is 0 Å². The van der Waals surface area contributed by atoms with E-state index in [9.17, 15) is 10.2 Å². The van der Waals surface area contributed by atoms with Crippen LogP contribution in [-0.4, -0.2) is 29.0 Å². The molecule has 0 heterocycles. The van der Waals surface area contributed by atoms with E-state index in [0.29, 0.717) is 18.3 Å². The second-order valence-electron chi connectivity index (χ2n) is 8.48. The van der Waals surface area contributed by atoms with Crippen molar-refractivity contribution in [3.63, 3.8) is 0 Å². The van der Waals surface area contributed by atoms with Crippen molar-refractivity contribution < 1.29 is 10.2 Å². The summed E-state index contributed by atoms with van der Waals surface area (Å²) in [6.07, 6.45) is 12.9. The second kappa shape index (κ2) is 9.68. The summed E-state index contributed by atoms with van der Waals surface area (Å²) in [4.78, 5) is 0. The van der Waals surface area contributed by atoms with Crippen molar-refractivity contribution in [1.82, 2.24) is 0 Å². The van der Waals surface area contributed by atoms with Crippen LogP contribution in [0.25, 0.3) is 0 Å². The molecule has 0 radical (unpaired) electrons. The molecule has 0 aromatic heterocycles. The molecule has 148 valence electrons. The van der Waals surface area contributed by atoms with Crippen LogP contribution in [0, 0.1) is 24.7 Å². The van der Waals surface area contributed by atoms with Gasteiger partial charge in [0.05, 0.1) is 12.2 Å². The number of nitrogens with two attached hydrogens (primary N) is 1. The number of hydrogen-bond donors (Lipinski definition) is 3. The molecule has 0 bridgehead atoms. The molecule has 0 unspecified atom stereocenters. The summed E-state index contributed by atoms with van der Waals surface area (Å²) in [5.74, 6) is 1.18. The Kier molecular flexibility index (Phi) is 7.28. The van der Waals surface area contributed by atoms with Crippen LogP contribution in [-0.2, 0) is 6.42 Å². The molecule has 27 heavy (non-hydrogen) atoms. The Labute approximate surface area is 164 Å². The number of allylic oxidation sites excluding steroid dienone is 2. The van der Waals surface area contributed by atoms with Crippen LogP contribution in [0.5, 0.6) is 0 Å². The van der Waals surface area contributed by atoms with Gasteiger partial charge in [0.2, 0.25) is 0 Å². The minimum absolute atomic E-state index is 0.167. The van der Waals surface area contributed by atoms with Crippen molar-refractivity contribution in [2.45, 2.75) is 64.1 Å². The van der Waals surface area contributed by atoms with E-state index in [1.807, 2.05) is 12.1 Å². The third kappa shape index (κ3) is 5.54. The topological polar surface area (TPSA) is 66.5 Å². The van der Waals surface area contributed by atoms with Crippen molar-refractivity contribution in [2.75, 3.05) is 6.54 Å². The molecule has 0 spiro atoms. The molecule has 0 saturated heterocycles. The first-order chi connectivity index (χ1) is 13.1. The third-order valence-corrected chi connectivity index (χ3v) is 6.23. The van der Waals surface area contributed by atoms with Gasteiger partial charge in [0, 0.05) is 12.3 Å². The third-order valence-electron chi connectivity index (χ3n) is 6.23. The van der Waals surface area contributed by atoms with E-state index in [1.54, 1.807) is 5.57 Å². The highest BCUT2D eigenvalue weighted by Crippen LogP contribution is 2.48. The van der Waals surface area contributed by atoms with E-state index in [4.69, 9.17) is 5.73 Å². The molecule has 3 nitrogen and oxygen atoms in total. The number of hydrogen-bond acceptors (Lipinski definition) is 3. The van der Waals surface area contributed by atoms with Crippen molar-refractivity contribution >= 4 is 0 Å². The minimum Gasteiger partial charge on any atom is -0.392 e. The molecule has 3 rings (SSSR count). The van der Waals surface area contributed by atoms with E-state index in [2.05, 4.69) is 37.3 Å². The fourth-order valence-corrected chi connectivity index (χ4v) is 4.87. The number of benzene rings is 1. The Morgan fingerprint density at radius 1 is 1.26 bits per heavy atom. The quantitative estimate of drug-likeness (QED) is 0.457. The molecule has 2 aliphatic rings. The van der Waals surface area contributed by atoms with Gasteiger partial charge in [-0.1, -0.05) is 60.1 Å². The molecular formula is C24H35NO2. The number of aliphatic hydroxyl groups is 2. The van der Waals surface area contributed by atoms with Gasteiger partial charge in [-0.3, -0.25) is 0 Å². The van der Waals surface area contributed by atoms with Crippen LogP contribution in [0.2, 0.25) is 0 Å². The van der Waals surface area contributed by atoms with Crippen molar-refractivity contribution in [1.29, 1.82) is 0 Å². The Morgan fingerprint density at radius 2 is 2.11 bits per heavy atom. The first-order valence-corrected chi connectivity index (χ1v) is 10.6. The smallest absolute Gasteiger partial charge is 0.0761 e. The van der Waals surface area contributed by atoms with Gasteiger partial charge in [-0.25, -0.2) is 0 Å². The lowest BCUT2D eigenvalue weighted by Gasteiger charge is -2.19. The maximum Gasteiger partial charge on any atom is 0.0761 e. The molecule has 0 aliphatic heterocycles. The highest BCUT2D eigenvalue weighted by molar-refractivity contribution is 5.24. The SMILES string of the molecule is Cc1cccc(C[C@H](O)/C=C/[C@@H]2[C@H]3CC(CCCCCN)=C[C@H]3C[C@H]2O)c1. The zero-order chi connectivity index (χ0) is 19.2. The van der Waals surface area contributed by atoms with Gasteiger partial charge < -0.3 is 15.9 Å². The maximum absolute atomic E-state index is 10.5. The lowest BCUT2D eigenvalue weighted by atomic mass is 9.88. The summed E-state index contributed by atoms with van der Waals surface area (Å²) in [6.45, 7) is 2.86. The van der Waals surface area contributed by atoms with E-state index >= 15 is 0 Å². The second-order valence-corrected chi connectivity index (χ2v) is 8.48. The van der Waals surface area contributed by atoms with E-state index < -0.39 is 6.10 Å². The lowest BCUT2D eigenvalue weighted by Crippen LogP contribution is -2.18. The zero-order valence-corrected chi connectivity index (χ0v) is 16.6. The monoisotopic (exact) mass is 369 g/mol. The van der Waals surface area contributed by atoms with Gasteiger partial charge in [0.1, 0.15) is 0 Å². The Morgan fingerprint density at radius 3 is 2.89 bits per heavy atom. The van der Waals surface area contributed by atoms with E-state index in [0.717, 1.165) is 31.4 Å². The molecule has 1 aromatic carbocycles. The summed E-state index contributed by atoms with van der Waals surface area (Å²) < 4.78 is 0. The van der Waals surface area contributed by atoms with E-state index in [-0.39, 0.29) is 12.0 Å². The van der Waals surface area contributed by atoms with Crippen LogP contribution >= 0.6 is 0 Å². The summed E-state index contributed by atoms with van der Waals surface area (Å²) in [5.41, 5.74) is 9.51. The fraction of sp³-hybridized carbons (Fsp3) is 0.583. The normalized spacial score (nSPS) is 28.5. The predicted octanol–water partition coefficient (Wildman–Crippen LogP) is 3.92. The van der Waals surface area contributed by atoms with Gasteiger partial charge in [-0.15, -0.1) is 0 Å². The van der Waals surface area contributed by atoms with Gasteiger partial charge in [-0.05, 0) is 63.0 Å². The maximum atomic E-state index is 10.5. The number of rotatable bonds is 9. The molecular weight excluding hydrogens is 334 g/mol. The van der Waals surface area contributed by atoms with Crippen LogP contribution < -0.4 is 5.73 Å². The predicted molar refractivity (Wildman–Crippen MR) is 111 cm³/mol. The minimum atomic E-state index is -0.497. The Hall–Kier alpha value is -1.42. The van der Waals surface area contributed by atoms with Crippen LogP contribution in [0.4, 0.5) is 0 Å². The van der Waals surface area contributed by atoms with Gasteiger partial charge in [0.25, 0.3) is 0 Å². The largest absolute Gasteiger partial charge is 0.392 e. The Balaban J connectivity index is 1.52. The van der Waals surface area contributed by atoms with Gasteiger partial charge in [0.15, 0.2) is 0 Å². The number of aryl methyl sites for hydroxylation is 1. The van der Waals surface area contributed by atoms with Crippen molar-refractivity contribution in [3.8, 4) is 0 Å². The van der Waals surface area contributed by atoms with E-state index in [1.165, 1.54) is 24.8 Å². The average Bonchev–Trinajstić information content (AvgIpc) is 3.13. The van der Waals surface area contributed by atoms with Crippen molar-refractivity contribution in [3.05, 3.63) is 59.2 Å². The molecule has 0 amide bonds. The molecule has 3 heteroatoms. The first-order valence-electron chi connectivity index (χ1n) is 10.6. The van der Waals surface area contributed by atoms with Gasteiger partial charge >= 0.3 is 0 Å². The summed E-state index contributed by atoms with van der Waals surface area (Å²) >= 11 is 0. The zero-order valence-electron chi connectivity index (χ0n) is 16.6. The molecule has 1 aromatic rings. The highest BCUT2D eigenvalue weighted by atomic mass is 16.3. The molecule has 2 aliphatic carbocycles. The van der Waals surface area contributed by atoms with Gasteiger partial charge in [-0.2, -0.15) is 0 Å². The lowest BCUT2D eigenvalue weighted by molar-refractivity contribution is 0.140. The van der Waals surface area contributed by atoms with Crippen molar-refractivity contribution in [2.24, 2.45) is 23.5 Å². The number of aliphatic hydroxyl groups excluding tert-OH is 2. The molecule has 1 fully saturated rings. The summed E-state index contributed by atoms with van der Waals surface area (Å²) in [5, 5.41) is 20.9. The molecule has 4 N–H and O–H groups in total. The van der Waals surface area contributed by atoms with Crippen LogP contribution in [0.15, 0.2) is 48.1 Å². The standard InChI is InChI=1S/C24H35NO2/c1-17-6-5-8-18(12-17)14-21(26)9-10-22-23-15-19(7-3-2-4-11-25)13-20(23)16-24(22)27/h5-6,8-10,12-13,20-24,26-27H,2-4,7,11,14-16,25H2,1H3/b10-9+/t20-,21+,22+,23-,24+/m0/s1. The Bertz CT molecular complexity index is 666. The first kappa shape index (κ1) is 20.3. The van der Waals surface area contributed by atoms with Crippen LogP contribution in [0.1, 0.15) is 49.7 Å². The summed E-state index contributed by atoms with van der Waals surface area (Å²) in [7, 11) is 0. The number of fused-ring (bicyclic) bond motifs is 1. The highest BCUT2D eigenvalue weighted by Gasteiger charge is 2.43. The molecule has 5 atom stereocenters. The summed E-state index contributed by atoms with van der Waals surface area (Å²) in [6, 6.07) is 8.28. The number of unbranched alkanes of at least 4 members (excludes halogenated alkanes) is 2.